The summed E-state index contributed by atoms with van der Waals surface area (Å²) >= 11 is 2.34. The number of rotatable bonds is 6. The van der Waals surface area contributed by atoms with Gasteiger partial charge in [-0.1, -0.05) is 42.4 Å². The van der Waals surface area contributed by atoms with Gasteiger partial charge in [-0.3, -0.25) is 0 Å². The van der Waals surface area contributed by atoms with E-state index in [1.165, 1.54) is 38.5 Å². The van der Waals surface area contributed by atoms with Crippen LogP contribution in [-0.4, -0.2) is 13.9 Å². The molecule has 3 heteroatoms. The zero-order chi connectivity index (χ0) is 12.9. The topological polar surface area (TPSA) is 9.23 Å². The van der Waals surface area contributed by atoms with Crippen molar-refractivity contribution in [3.05, 3.63) is 10.2 Å². The summed E-state index contributed by atoms with van der Waals surface area (Å²) in [7, 11) is -1.47. The van der Waals surface area contributed by atoms with Gasteiger partial charge in [0.05, 0.1) is 5.60 Å². The lowest BCUT2D eigenvalue weighted by Gasteiger charge is -2.38. The van der Waals surface area contributed by atoms with Crippen LogP contribution in [0.2, 0.25) is 19.6 Å². The van der Waals surface area contributed by atoms with Gasteiger partial charge in [0.15, 0.2) is 8.32 Å². The van der Waals surface area contributed by atoms with Crippen LogP contribution >= 0.6 is 22.6 Å². The highest BCUT2D eigenvalue weighted by Gasteiger charge is 2.43. The van der Waals surface area contributed by atoms with Gasteiger partial charge in [-0.25, -0.2) is 0 Å². The van der Waals surface area contributed by atoms with Crippen molar-refractivity contribution in [3.63, 3.8) is 0 Å². The van der Waals surface area contributed by atoms with E-state index in [4.69, 9.17) is 4.43 Å². The molecule has 17 heavy (non-hydrogen) atoms. The van der Waals surface area contributed by atoms with Crippen LogP contribution in [0.3, 0.4) is 0 Å². The second kappa shape index (κ2) is 6.71. The standard InChI is InChI=1S/C14H27IOSi/c1-5-6-8-13-9-7-10-14(13,11-12-15)16-17(2,3)4/h11-13H,5-10H2,1-4H3/b12-11+/t13-,14-/m1/s1. The van der Waals surface area contributed by atoms with E-state index in [9.17, 15) is 0 Å². The molecule has 1 saturated carbocycles. The molecule has 0 aliphatic heterocycles. The van der Waals surface area contributed by atoms with E-state index in [1.807, 2.05) is 0 Å². The molecule has 0 aromatic rings. The predicted molar refractivity (Wildman–Crippen MR) is 87.2 cm³/mol. The molecule has 2 atom stereocenters. The molecule has 1 fully saturated rings. The highest BCUT2D eigenvalue weighted by Crippen LogP contribution is 2.44. The Hall–Kier alpha value is 0.647. The van der Waals surface area contributed by atoms with Crippen LogP contribution in [0.4, 0.5) is 0 Å². The van der Waals surface area contributed by atoms with Gasteiger partial charge in [0, 0.05) is 0 Å². The molecule has 0 N–H and O–H groups in total. The maximum atomic E-state index is 6.58. The third kappa shape index (κ3) is 4.67. The van der Waals surface area contributed by atoms with Gasteiger partial charge in [0.25, 0.3) is 0 Å². The molecule has 0 radical (unpaired) electrons. The highest BCUT2D eigenvalue weighted by molar-refractivity contribution is 14.1. The van der Waals surface area contributed by atoms with Crippen molar-refractivity contribution in [2.45, 2.75) is 70.7 Å². The average Bonchev–Trinajstić information content (AvgIpc) is 2.56. The van der Waals surface area contributed by atoms with E-state index in [1.54, 1.807) is 0 Å². The van der Waals surface area contributed by atoms with Crippen LogP contribution in [0.5, 0.6) is 0 Å². The number of hydrogen-bond acceptors (Lipinski definition) is 1. The Balaban J connectivity index is 2.81. The average molecular weight is 366 g/mol. The largest absolute Gasteiger partial charge is 0.408 e. The predicted octanol–water partition coefficient (Wildman–Crippen LogP) is 5.52. The quantitative estimate of drug-likeness (QED) is 0.445. The molecule has 1 nitrogen and oxygen atoms in total. The minimum Gasteiger partial charge on any atom is -0.408 e. The minimum atomic E-state index is -1.47. The van der Waals surface area contributed by atoms with Gasteiger partial charge in [0.2, 0.25) is 0 Å². The molecule has 1 rings (SSSR count). The molecule has 0 saturated heterocycles. The zero-order valence-corrected chi connectivity index (χ0v) is 14.9. The molecule has 0 aromatic carbocycles. The van der Waals surface area contributed by atoms with E-state index in [0.29, 0.717) is 0 Å². The number of unbranched alkanes of at least 4 members (excludes halogenated alkanes) is 1. The lowest BCUT2D eigenvalue weighted by Crippen LogP contribution is -2.44. The van der Waals surface area contributed by atoms with Crippen molar-refractivity contribution < 1.29 is 4.43 Å². The highest BCUT2D eigenvalue weighted by atomic mass is 127. The summed E-state index contributed by atoms with van der Waals surface area (Å²) in [5.41, 5.74) is 0.0703. The van der Waals surface area contributed by atoms with Crippen LogP contribution in [0.1, 0.15) is 45.4 Å². The Morgan fingerprint density at radius 1 is 1.41 bits per heavy atom. The summed E-state index contributed by atoms with van der Waals surface area (Å²) in [6.07, 6.45) is 10.2. The van der Waals surface area contributed by atoms with Gasteiger partial charge in [-0.2, -0.15) is 0 Å². The first-order chi connectivity index (χ1) is 7.93. The summed E-state index contributed by atoms with van der Waals surface area (Å²) in [4.78, 5) is 0. The van der Waals surface area contributed by atoms with E-state index in [0.717, 1.165) is 5.92 Å². The number of hydrogen-bond donors (Lipinski definition) is 0. The van der Waals surface area contributed by atoms with Crippen molar-refractivity contribution in [2.24, 2.45) is 5.92 Å². The summed E-state index contributed by atoms with van der Waals surface area (Å²) in [5.74, 6) is 0.750. The lowest BCUT2D eigenvalue weighted by atomic mass is 9.87. The molecule has 0 aromatic heterocycles. The maximum Gasteiger partial charge on any atom is 0.184 e. The van der Waals surface area contributed by atoms with Gasteiger partial charge in [-0.05, 0) is 61.4 Å². The third-order valence-electron chi connectivity index (χ3n) is 3.56. The van der Waals surface area contributed by atoms with E-state index in [-0.39, 0.29) is 5.60 Å². The van der Waals surface area contributed by atoms with Crippen LogP contribution in [-0.2, 0) is 4.43 Å². The molecule has 0 unspecified atom stereocenters. The SMILES string of the molecule is CCCC[C@@H]1CCC[C@]1(/C=C/I)O[Si](C)(C)C. The summed E-state index contributed by atoms with van der Waals surface area (Å²) in [5, 5.41) is 0. The Labute approximate surface area is 122 Å². The first-order valence-corrected chi connectivity index (χ1v) is 11.6. The van der Waals surface area contributed by atoms with E-state index in [2.05, 4.69) is 59.3 Å². The first kappa shape index (κ1) is 15.7. The maximum absolute atomic E-state index is 6.58. The van der Waals surface area contributed by atoms with Gasteiger partial charge in [0.1, 0.15) is 0 Å². The second-order valence-electron chi connectivity index (χ2n) is 6.19. The van der Waals surface area contributed by atoms with Crippen LogP contribution in [0.15, 0.2) is 10.2 Å². The summed E-state index contributed by atoms with van der Waals surface area (Å²) in [6.45, 7) is 9.21. The normalized spacial score (nSPS) is 30.3. The fraction of sp³-hybridized carbons (Fsp3) is 0.857. The zero-order valence-electron chi connectivity index (χ0n) is 11.8. The summed E-state index contributed by atoms with van der Waals surface area (Å²) < 4.78 is 8.75. The molecule has 1 aliphatic carbocycles. The Morgan fingerprint density at radius 2 is 2.12 bits per heavy atom. The van der Waals surface area contributed by atoms with Crippen LogP contribution < -0.4 is 0 Å². The Bertz CT molecular complexity index is 259. The Kier molecular flexibility index (Phi) is 6.20. The monoisotopic (exact) mass is 366 g/mol. The van der Waals surface area contributed by atoms with Crippen molar-refractivity contribution in [3.8, 4) is 0 Å². The van der Waals surface area contributed by atoms with Gasteiger partial charge in [-0.15, -0.1) is 0 Å². The lowest BCUT2D eigenvalue weighted by molar-refractivity contribution is 0.0655. The van der Waals surface area contributed by atoms with Crippen molar-refractivity contribution in [1.82, 2.24) is 0 Å². The van der Waals surface area contributed by atoms with Crippen molar-refractivity contribution in [2.75, 3.05) is 0 Å². The van der Waals surface area contributed by atoms with Crippen molar-refractivity contribution >= 4 is 30.9 Å². The van der Waals surface area contributed by atoms with Crippen LogP contribution in [0, 0.1) is 5.92 Å². The smallest absolute Gasteiger partial charge is 0.184 e. The van der Waals surface area contributed by atoms with Crippen molar-refractivity contribution in [1.29, 1.82) is 0 Å². The molecule has 1 aliphatic rings. The fourth-order valence-electron chi connectivity index (χ4n) is 2.98. The Morgan fingerprint density at radius 3 is 2.65 bits per heavy atom. The first-order valence-electron chi connectivity index (χ1n) is 6.91. The van der Waals surface area contributed by atoms with E-state index >= 15 is 0 Å². The van der Waals surface area contributed by atoms with Crippen LogP contribution in [0.25, 0.3) is 0 Å². The molecule has 0 spiro atoms. The van der Waals surface area contributed by atoms with E-state index < -0.39 is 8.32 Å². The second-order valence-corrected chi connectivity index (χ2v) is 11.3. The minimum absolute atomic E-state index is 0.0703. The van der Waals surface area contributed by atoms with Gasteiger partial charge < -0.3 is 4.43 Å². The number of halogens is 1. The molecular formula is C14H27IOSi. The fourth-order valence-corrected chi connectivity index (χ4v) is 5.06. The molecule has 100 valence electrons. The summed E-state index contributed by atoms with van der Waals surface area (Å²) in [6, 6.07) is 0. The molecular weight excluding hydrogens is 339 g/mol. The molecule has 0 bridgehead atoms. The molecule has 0 amide bonds. The third-order valence-corrected chi connectivity index (χ3v) is 4.91. The van der Waals surface area contributed by atoms with Gasteiger partial charge >= 0.3 is 0 Å². The molecule has 0 heterocycles.